The van der Waals surface area contributed by atoms with E-state index in [4.69, 9.17) is 0 Å². The van der Waals surface area contributed by atoms with Crippen molar-refractivity contribution in [2.45, 2.75) is 58.0 Å². The van der Waals surface area contributed by atoms with E-state index in [1.807, 2.05) is 0 Å². The molecule has 0 aromatic rings. The molecule has 0 aliphatic heterocycles. The van der Waals surface area contributed by atoms with Crippen LogP contribution in [-0.4, -0.2) is 51.2 Å². The standard InChI is InChI=1S/C9H26N2Si3/c1-8(2)10(14-11(12)13)9-6-4-3-5-7-9/h8-9H,3-7,14H2,1-2,12-13H3. The Hall–Kier alpha value is 0.571. The third kappa shape index (κ3) is 3.98. The van der Waals surface area contributed by atoms with Crippen molar-refractivity contribution < 1.29 is 0 Å². The van der Waals surface area contributed by atoms with E-state index < -0.39 is 0 Å². The van der Waals surface area contributed by atoms with Crippen molar-refractivity contribution in [3.8, 4) is 0 Å². The molecule has 1 saturated carbocycles. The quantitative estimate of drug-likeness (QED) is 0.581. The van der Waals surface area contributed by atoms with Gasteiger partial charge in [-0.1, -0.05) is 33.1 Å². The highest BCUT2D eigenvalue weighted by molar-refractivity contribution is 6.51. The maximum absolute atomic E-state index is 2.86. The first-order chi connectivity index (χ1) is 6.61. The van der Waals surface area contributed by atoms with Crippen LogP contribution in [0, 0.1) is 0 Å². The predicted molar refractivity (Wildman–Crippen MR) is 74.1 cm³/mol. The Morgan fingerprint density at radius 1 is 1.14 bits per heavy atom. The zero-order valence-electron chi connectivity index (χ0n) is 10.3. The second-order valence-corrected chi connectivity index (χ2v) is 14.8. The molecule has 14 heavy (non-hydrogen) atoms. The Bertz CT molecular complexity index is 158. The van der Waals surface area contributed by atoms with E-state index >= 15 is 0 Å². The summed E-state index contributed by atoms with van der Waals surface area (Å²) in [6.45, 7) is 4.77. The Labute approximate surface area is 97.4 Å². The second-order valence-electron chi connectivity index (χ2n) is 5.12. The monoisotopic (exact) mass is 246 g/mol. The highest BCUT2D eigenvalue weighted by atomic mass is 28.3. The summed E-state index contributed by atoms with van der Waals surface area (Å²) in [6.07, 6.45) is 7.38. The number of hydrogen-bond donors (Lipinski definition) is 0. The largest absolute Gasteiger partial charge is 0.376 e. The van der Waals surface area contributed by atoms with Gasteiger partial charge in [0, 0.05) is 6.04 Å². The van der Waals surface area contributed by atoms with E-state index in [1.54, 1.807) is 0 Å². The van der Waals surface area contributed by atoms with Crippen LogP contribution in [0.2, 0.25) is 0 Å². The van der Waals surface area contributed by atoms with Gasteiger partial charge < -0.3 is 8.46 Å². The van der Waals surface area contributed by atoms with Gasteiger partial charge in [0.25, 0.3) is 0 Å². The SMILES string of the molecule is CC(C)N([SiH2]N([SiH3])[SiH3])C1CCCCC1. The first kappa shape index (κ1) is 12.6. The van der Waals surface area contributed by atoms with Crippen LogP contribution in [0.1, 0.15) is 46.0 Å². The molecule has 84 valence electrons. The molecule has 0 saturated heterocycles. The van der Waals surface area contributed by atoms with Crippen molar-refractivity contribution >= 4 is 30.7 Å². The molecule has 0 atom stereocenters. The zero-order chi connectivity index (χ0) is 10.6. The summed E-state index contributed by atoms with van der Waals surface area (Å²) in [6, 6.07) is 1.73. The molecule has 1 rings (SSSR count). The van der Waals surface area contributed by atoms with Crippen LogP contribution in [0.5, 0.6) is 0 Å². The Morgan fingerprint density at radius 2 is 1.71 bits per heavy atom. The van der Waals surface area contributed by atoms with Gasteiger partial charge in [0.05, 0.1) is 20.8 Å². The molecule has 2 nitrogen and oxygen atoms in total. The van der Waals surface area contributed by atoms with Gasteiger partial charge >= 0.3 is 0 Å². The van der Waals surface area contributed by atoms with Crippen LogP contribution in [-0.2, 0) is 0 Å². The van der Waals surface area contributed by atoms with Gasteiger partial charge in [0.2, 0.25) is 0 Å². The average molecular weight is 247 g/mol. The molecule has 0 bridgehead atoms. The zero-order valence-corrected chi connectivity index (χ0v) is 15.7. The van der Waals surface area contributed by atoms with Crippen LogP contribution >= 0.6 is 0 Å². The fourth-order valence-corrected chi connectivity index (χ4v) is 5.98. The van der Waals surface area contributed by atoms with Crippen molar-refractivity contribution in [3.63, 3.8) is 0 Å². The number of rotatable bonds is 4. The molecule has 0 aromatic heterocycles. The van der Waals surface area contributed by atoms with Crippen molar-refractivity contribution in [3.05, 3.63) is 0 Å². The fraction of sp³-hybridized carbons (Fsp3) is 1.00. The highest BCUT2D eigenvalue weighted by Crippen LogP contribution is 2.23. The summed E-state index contributed by atoms with van der Waals surface area (Å²) < 4.78 is 5.56. The lowest BCUT2D eigenvalue weighted by molar-refractivity contribution is 0.218. The van der Waals surface area contributed by atoms with Crippen LogP contribution < -0.4 is 0 Å². The van der Waals surface area contributed by atoms with Gasteiger partial charge in [-0.2, -0.15) is 0 Å². The molecule has 0 aromatic carbocycles. The predicted octanol–water partition coefficient (Wildman–Crippen LogP) is -1.11. The van der Waals surface area contributed by atoms with E-state index in [0.29, 0.717) is 0 Å². The smallest absolute Gasteiger partial charge is 0.158 e. The van der Waals surface area contributed by atoms with Crippen molar-refractivity contribution in [1.82, 2.24) is 8.46 Å². The number of nitrogens with zero attached hydrogens (tertiary/aromatic N) is 2. The van der Waals surface area contributed by atoms with E-state index in [2.05, 4.69) is 22.3 Å². The van der Waals surface area contributed by atoms with Gasteiger partial charge in [0.15, 0.2) is 9.84 Å². The fourth-order valence-electron chi connectivity index (χ4n) is 2.44. The molecular formula is C9H26N2Si3. The topological polar surface area (TPSA) is 6.48 Å². The molecular weight excluding hydrogens is 220 g/mol. The van der Waals surface area contributed by atoms with E-state index in [0.717, 1.165) is 12.1 Å². The second kappa shape index (κ2) is 6.22. The van der Waals surface area contributed by atoms with Crippen LogP contribution in [0.3, 0.4) is 0 Å². The van der Waals surface area contributed by atoms with Gasteiger partial charge in [-0.05, 0) is 18.9 Å². The van der Waals surface area contributed by atoms with Crippen LogP contribution in [0.15, 0.2) is 0 Å². The van der Waals surface area contributed by atoms with Gasteiger partial charge in [0.1, 0.15) is 0 Å². The maximum atomic E-state index is 2.86. The first-order valence-corrected chi connectivity index (χ1v) is 9.07. The summed E-state index contributed by atoms with van der Waals surface area (Å²) in [5, 5.41) is 0. The van der Waals surface area contributed by atoms with Crippen molar-refractivity contribution in [1.29, 1.82) is 0 Å². The Morgan fingerprint density at radius 3 is 2.14 bits per heavy atom. The summed E-state index contributed by atoms with van der Waals surface area (Å²) in [5.41, 5.74) is 0. The molecule has 0 unspecified atom stereocenters. The van der Waals surface area contributed by atoms with Gasteiger partial charge in [-0.15, -0.1) is 0 Å². The average Bonchev–Trinajstić information content (AvgIpc) is 2.15. The van der Waals surface area contributed by atoms with Gasteiger partial charge in [-0.25, -0.2) is 0 Å². The minimum absolute atomic E-state index is 0.0421. The van der Waals surface area contributed by atoms with Crippen LogP contribution in [0.4, 0.5) is 0 Å². The molecule has 0 spiro atoms. The molecule has 0 N–H and O–H groups in total. The third-order valence-corrected chi connectivity index (χ3v) is 6.99. The highest BCUT2D eigenvalue weighted by Gasteiger charge is 2.23. The molecule has 1 aliphatic rings. The first-order valence-electron chi connectivity index (χ1n) is 6.01. The minimum atomic E-state index is -0.0421. The van der Waals surface area contributed by atoms with Crippen LogP contribution in [0.25, 0.3) is 0 Å². The third-order valence-electron chi connectivity index (χ3n) is 3.15. The normalized spacial score (nSPS) is 21.2. The summed E-state index contributed by atoms with van der Waals surface area (Å²) in [5.74, 6) is 0. The van der Waals surface area contributed by atoms with Crippen molar-refractivity contribution in [2.75, 3.05) is 0 Å². The number of hydrogen-bond acceptors (Lipinski definition) is 2. The van der Waals surface area contributed by atoms with E-state index in [1.165, 1.54) is 52.9 Å². The molecule has 0 radical (unpaired) electrons. The summed E-state index contributed by atoms with van der Waals surface area (Å²) >= 11 is 0. The molecule has 5 heteroatoms. The Balaban J connectivity index is 2.47. The summed E-state index contributed by atoms with van der Waals surface area (Å²) in [7, 11) is 2.55. The summed E-state index contributed by atoms with van der Waals surface area (Å²) in [4.78, 5) is 0. The molecule has 1 aliphatic carbocycles. The van der Waals surface area contributed by atoms with Gasteiger partial charge in [-0.3, -0.25) is 0 Å². The maximum Gasteiger partial charge on any atom is 0.158 e. The van der Waals surface area contributed by atoms with Crippen molar-refractivity contribution in [2.24, 2.45) is 0 Å². The lowest BCUT2D eigenvalue weighted by Crippen LogP contribution is -2.49. The lowest BCUT2D eigenvalue weighted by atomic mass is 9.95. The van der Waals surface area contributed by atoms with E-state index in [9.17, 15) is 0 Å². The minimum Gasteiger partial charge on any atom is -0.376 e. The molecule has 0 amide bonds. The molecule has 1 fully saturated rings. The molecule has 0 heterocycles. The lowest BCUT2D eigenvalue weighted by Gasteiger charge is -2.39. The Kier molecular flexibility index (Phi) is 5.61. The van der Waals surface area contributed by atoms with E-state index in [-0.39, 0.29) is 9.84 Å².